The van der Waals surface area contributed by atoms with E-state index in [0.717, 1.165) is 24.9 Å². The molecule has 0 aliphatic carbocycles. The molecular weight excluding hydrogens is 468 g/mol. The predicted octanol–water partition coefficient (Wildman–Crippen LogP) is 4.89. The summed E-state index contributed by atoms with van der Waals surface area (Å²) in [5.41, 5.74) is 12.0. The Kier molecular flexibility index (Phi) is 8.65. The topological polar surface area (TPSA) is 131 Å². The van der Waals surface area contributed by atoms with E-state index in [1.165, 1.54) is 0 Å². The van der Waals surface area contributed by atoms with Gasteiger partial charge in [-0.3, -0.25) is 14.7 Å². The fourth-order valence-electron chi connectivity index (χ4n) is 4.48. The molecule has 1 aliphatic rings. The minimum absolute atomic E-state index is 0.114. The monoisotopic (exact) mass is 496 g/mol. The van der Waals surface area contributed by atoms with Crippen LogP contribution in [0.2, 0.25) is 0 Å². The van der Waals surface area contributed by atoms with Crippen molar-refractivity contribution < 1.29 is 14.7 Å². The molecule has 4 rings (SSSR count). The minimum atomic E-state index is -1.27. The highest BCUT2D eigenvalue weighted by molar-refractivity contribution is 6.17. The average Bonchev–Trinajstić information content (AvgIpc) is 3.38. The summed E-state index contributed by atoms with van der Waals surface area (Å²) in [5.74, 6) is -1.32. The molecule has 37 heavy (non-hydrogen) atoms. The van der Waals surface area contributed by atoms with Gasteiger partial charge in [-0.2, -0.15) is 0 Å². The number of rotatable bonds is 10. The number of aliphatic carboxylic acids is 1. The van der Waals surface area contributed by atoms with Crippen molar-refractivity contribution in [3.05, 3.63) is 112 Å². The minimum Gasteiger partial charge on any atom is -0.480 e. The van der Waals surface area contributed by atoms with Crippen molar-refractivity contribution in [2.45, 2.75) is 31.5 Å². The van der Waals surface area contributed by atoms with Gasteiger partial charge in [0.2, 0.25) is 5.91 Å². The van der Waals surface area contributed by atoms with E-state index in [1.54, 1.807) is 12.1 Å². The average molecular weight is 497 g/mol. The number of hydrogen-bond donors (Lipinski definition) is 2. The van der Waals surface area contributed by atoms with Gasteiger partial charge in [-0.15, -0.1) is 0 Å². The maximum atomic E-state index is 13.5. The summed E-state index contributed by atoms with van der Waals surface area (Å²) in [6, 6.07) is 24.9. The number of hydrogen-bond acceptors (Lipinski definition) is 5. The van der Waals surface area contributed by atoms with Crippen molar-refractivity contribution in [2.75, 3.05) is 18.4 Å². The zero-order chi connectivity index (χ0) is 26.0. The third-order valence-electron chi connectivity index (χ3n) is 6.27. The van der Waals surface area contributed by atoms with Gasteiger partial charge in [-0.05, 0) is 36.5 Å². The number of carbonyl (C=O) groups excluding carboxylic acids is 1. The number of amides is 1. The van der Waals surface area contributed by atoms with Gasteiger partial charge in [0.1, 0.15) is 0 Å². The van der Waals surface area contributed by atoms with Crippen molar-refractivity contribution in [1.82, 2.24) is 4.90 Å². The van der Waals surface area contributed by atoms with E-state index in [2.05, 4.69) is 37.4 Å². The van der Waals surface area contributed by atoms with Crippen LogP contribution in [0.3, 0.4) is 0 Å². The molecule has 0 spiro atoms. The van der Waals surface area contributed by atoms with Gasteiger partial charge < -0.3 is 10.4 Å². The molecule has 0 saturated carbocycles. The summed E-state index contributed by atoms with van der Waals surface area (Å²) < 4.78 is 0. The van der Waals surface area contributed by atoms with Crippen molar-refractivity contribution in [1.29, 1.82) is 0 Å². The first-order valence-corrected chi connectivity index (χ1v) is 12.1. The van der Waals surface area contributed by atoms with Gasteiger partial charge >= 0.3 is 5.97 Å². The number of likely N-dealkylation sites (tertiary alicyclic amines) is 1. The van der Waals surface area contributed by atoms with Crippen LogP contribution in [-0.2, 0) is 16.1 Å². The molecule has 9 heteroatoms. The van der Waals surface area contributed by atoms with E-state index < -0.39 is 12.0 Å². The van der Waals surface area contributed by atoms with Gasteiger partial charge in [-0.25, -0.2) is 4.79 Å². The van der Waals surface area contributed by atoms with Crippen LogP contribution in [0, 0.1) is 0 Å². The Bertz CT molecular complexity index is 1310. The van der Waals surface area contributed by atoms with Crippen molar-refractivity contribution in [2.24, 2.45) is 10.1 Å². The lowest BCUT2D eigenvalue weighted by molar-refractivity contribution is -0.138. The van der Waals surface area contributed by atoms with Crippen LogP contribution in [-0.4, -0.2) is 52.8 Å². The van der Waals surface area contributed by atoms with Crippen LogP contribution in [0.1, 0.15) is 29.5 Å². The molecule has 1 saturated heterocycles. The number of carboxylic acid groups (broad SMARTS) is 1. The summed E-state index contributed by atoms with van der Waals surface area (Å²) in [6.07, 6.45) is 1.69. The molecule has 1 fully saturated rings. The lowest BCUT2D eigenvalue weighted by Gasteiger charge is -2.24. The van der Waals surface area contributed by atoms with E-state index in [-0.39, 0.29) is 18.5 Å². The molecule has 2 N–H and O–H groups in total. The molecule has 0 aromatic heterocycles. The first-order chi connectivity index (χ1) is 18.1. The summed E-state index contributed by atoms with van der Waals surface area (Å²) in [5, 5.41) is 16.2. The molecule has 188 valence electrons. The van der Waals surface area contributed by atoms with Crippen molar-refractivity contribution >= 4 is 23.3 Å². The summed E-state index contributed by atoms with van der Waals surface area (Å²) in [6.45, 7) is 1.20. The first kappa shape index (κ1) is 25.6. The number of nitrogens with zero attached hydrogens (tertiary/aromatic N) is 5. The highest BCUT2D eigenvalue weighted by Crippen LogP contribution is 2.25. The second-order valence-corrected chi connectivity index (χ2v) is 8.76. The number of aliphatic imine (C=N–C) groups is 1. The van der Waals surface area contributed by atoms with Crippen LogP contribution in [0.15, 0.2) is 95.0 Å². The molecule has 0 radical (unpaired) electrons. The predicted molar refractivity (Wildman–Crippen MR) is 142 cm³/mol. The van der Waals surface area contributed by atoms with E-state index in [4.69, 9.17) is 5.53 Å². The van der Waals surface area contributed by atoms with Crippen LogP contribution < -0.4 is 5.32 Å². The quantitative estimate of drug-likeness (QED) is 0.179. The number of carbonyl (C=O) groups is 2. The number of azide groups is 1. The maximum Gasteiger partial charge on any atom is 0.328 e. The second kappa shape index (κ2) is 12.5. The number of anilines is 1. The fraction of sp³-hybridized carbons (Fsp3) is 0.250. The van der Waals surface area contributed by atoms with Crippen LogP contribution >= 0.6 is 0 Å². The van der Waals surface area contributed by atoms with Gasteiger partial charge in [0.15, 0.2) is 6.04 Å². The Labute approximate surface area is 215 Å². The number of nitrogens with one attached hydrogen (secondary N) is 1. The third-order valence-corrected chi connectivity index (χ3v) is 6.27. The lowest BCUT2D eigenvalue weighted by atomic mass is 9.99. The molecular formula is C28H28N6O3. The zero-order valence-electron chi connectivity index (χ0n) is 20.3. The zero-order valence-corrected chi connectivity index (χ0v) is 20.3. The molecule has 1 aliphatic heterocycles. The Morgan fingerprint density at radius 1 is 1.03 bits per heavy atom. The number of benzene rings is 3. The van der Waals surface area contributed by atoms with E-state index in [1.807, 2.05) is 60.7 Å². The van der Waals surface area contributed by atoms with E-state index in [0.29, 0.717) is 29.1 Å². The Morgan fingerprint density at radius 3 is 2.41 bits per heavy atom. The molecule has 2 atom stereocenters. The van der Waals surface area contributed by atoms with Gasteiger partial charge in [0.25, 0.3) is 0 Å². The normalized spacial score (nSPS) is 16.5. The van der Waals surface area contributed by atoms with Crippen LogP contribution in [0.4, 0.5) is 5.69 Å². The Morgan fingerprint density at radius 2 is 1.70 bits per heavy atom. The van der Waals surface area contributed by atoms with Crippen molar-refractivity contribution in [3.63, 3.8) is 0 Å². The largest absolute Gasteiger partial charge is 0.480 e. The molecule has 3 aromatic carbocycles. The summed E-state index contributed by atoms with van der Waals surface area (Å²) in [7, 11) is 0. The fourth-order valence-corrected chi connectivity index (χ4v) is 4.48. The Balaban J connectivity index is 1.64. The van der Waals surface area contributed by atoms with E-state index >= 15 is 0 Å². The van der Waals surface area contributed by atoms with Gasteiger partial charge in [0, 0.05) is 22.6 Å². The van der Waals surface area contributed by atoms with Crippen LogP contribution in [0.25, 0.3) is 10.4 Å². The SMILES string of the molecule is [N-]=[N+]=NC[C@@H](N=C(c1ccccc1)c1ccccc1NC(=O)[C@H]1CCCN1Cc1ccccc1)C(=O)O. The smallest absolute Gasteiger partial charge is 0.328 e. The third kappa shape index (κ3) is 6.61. The first-order valence-electron chi connectivity index (χ1n) is 12.1. The van der Waals surface area contributed by atoms with E-state index in [9.17, 15) is 14.7 Å². The van der Waals surface area contributed by atoms with Gasteiger partial charge in [0.05, 0.1) is 24.0 Å². The second-order valence-electron chi connectivity index (χ2n) is 8.76. The maximum absolute atomic E-state index is 13.5. The van der Waals surface area contributed by atoms with Gasteiger partial charge in [-0.1, -0.05) is 84.0 Å². The highest BCUT2D eigenvalue weighted by Gasteiger charge is 2.31. The molecule has 1 heterocycles. The van der Waals surface area contributed by atoms with Crippen LogP contribution in [0.5, 0.6) is 0 Å². The number of carboxylic acids is 1. The van der Waals surface area contributed by atoms with Crippen molar-refractivity contribution in [3.8, 4) is 0 Å². The number of para-hydroxylation sites is 1. The molecule has 0 unspecified atom stereocenters. The lowest BCUT2D eigenvalue weighted by Crippen LogP contribution is -2.39. The molecule has 9 nitrogen and oxygen atoms in total. The standard InChI is InChI=1S/C28H28N6O3/c29-33-30-18-24(28(36)37)31-26(21-12-5-2-6-13-21)22-14-7-8-15-23(22)32-27(35)25-16-9-17-34(25)19-20-10-3-1-4-11-20/h1-8,10-15,24-25H,9,16-19H2,(H,32,35)(H,36,37)/t24-,25-/m1/s1. The molecule has 3 aromatic rings. The Hall–Kier alpha value is -4.46. The summed E-state index contributed by atoms with van der Waals surface area (Å²) >= 11 is 0. The summed E-state index contributed by atoms with van der Waals surface area (Å²) in [4.78, 5) is 34.7. The molecule has 1 amide bonds. The molecule has 0 bridgehead atoms. The highest BCUT2D eigenvalue weighted by atomic mass is 16.4.